The quantitative estimate of drug-likeness (QED) is 0.384. The normalized spacial score (nSPS) is 12.2. The second-order valence-corrected chi connectivity index (χ2v) is 7.09. The van der Waals surface area contributed by atoms with Gasteiger partial charge in [-0.2, -0.15) is 0 Å². The molecule has 3 aromatic carbocycles. The van der Waals surface area contributed by atoms with Crippen molar-refractivity contribution in [1.82, 2.24) is 4.98 Å². The maximum absolute atomic E-state index is 13.9. The fourth-order valence-electron chi connectivity index (χ4n) is 3.46. The van der Waals surface area contributed by atoms with Gasteiger partial charge >= 0.3 is 0 Å². The van der Waals surface area contributed by atoms with Crippen molar-refractivity contribution in [2.45, 2.75) is 12.3 Å². The van der Waals surface area contributed by atoms with E-state index in [1.165, 1.54) is 6.07 Å². The molecule has 140 valence electrons. The van der Waals surface area contributed by atoms with Crippen LogP contribution in [0.4, 0.5) is 8.78 Å². The predicted octanol–water partition coefficient (Wildman–Crippen LogP) is 6.50. The summed E-state index contributed by atoms with van der Waals surface area (Å²) in [5, 5.41) is 1.49. The van der Waals surface area contributed by atoms with Gasteiger partial charge in [0, 0.05) is 40.0 Å². The molecule has 0 aliphatic rings. The summed E-state index contributed by atoms with van der Waals surface area (Å²) in [6.45, 7) is 0. The number of benzene rings is 3. The van der Waals surface area contributed by atoms with Crippen molar-refractivity contribution in [3.05, 3.63) is 106 Å². The SMILES string of the molecule is O=C(C[C@H](c1ccc(F)c(F)c1)c1c[nH]c2ccccc12)c1ccc(Cl)cc1. The van der Waals surface area contributed by atoms with Gasteiger partial charge in [-0.25, -0.2) is 8.78 Å². The van der Waals surface area contributed by atoms with Crippen molar-refractivity contribution in [1.29, 1.82) is 0 Å². The number of H-pyrrole nitrogens is 1. The zero-order valence-electron chi connectivity index (χ0n) is 14.8. The lowest BCUT2D eigenvalue weighted by Gasteiger charge is -2.17. The van der Waals surface area contributed by atoms with E-state index in [0.717, 1.165) is 28.6 Å². The molecule has 0 aliphatic heterocycles. The number of carbonyl (C=O) groups is 1. The average Bonchev–Trinajstić information content (AvgIpc) is 3.12. The van der Waals surface area contributed by atoms with E-state index in [-0.39, 0.29) is 12.2 Å². The Balaban J connectivity index is 1.78. The number of aromatic amines is 1. The molecule has 0 aliphatic carbocycles. The third-order valence-corrected chi connectivity index (χ3v) is 5.15. The molecule has 0 fully saturated rings. The van der Waals surface area contributed by atoms with Crippen LogP contribution in [0.15, 0.2) is 72.9 Å². The maximum Gasteiger partial charge on any atom is 0.163 e. The summed E-state index contributed by atoms with van der Waals surface area (Å²) >= 11 is 5.90. The molecule has 1 N–H and O–H groups in total. The fraction of sp³-hybridized carbons (Fsp3) is 0.0870. The predicted molar refractivity (Wildman–Crippen MR) is 107 cm³/mol. The number of Topliss-reactive ketones (excluding diaryl/α,β-unsaturated/α-hetero) is 1. The van der Waals surface area contributed by atoms with Crippen LogP contribution in [0.5, 0.6) is 0 Å². The Labute approximate surface area is 165 Å². The first-order valence-electron chi connectivity index (χ1n) is 8.82. The smallest absolute Gasteiger partial charge is 0.163 e. The van der Waals surface area contributed by atoms with Gasteiger partial charge < -0.3 is 4.98 Å². The molecule has 0 amide bonds. The van der Waals surface area contributed by atoms with Gasteiger partial charge in [-0.3, -0.25) is 4.79 Å². The Kier molecular flexibility index (Phi) is 4.97. The van der Waals surface area contributed by atoms with Crippen molar-refractivity contribution in [2.24, 2.45) is 0 Å². The molecule has 4 rings (SSSR count). The molecule has 2 nitrogen and oxygen atoms in total. The van der Waals surface area contributed by atoms with Gasteiger partial charge in [0.2, 0.25) is 0 Å². The van der Waals surface area contributed by atoms with E-state index < -0.39 is 17.6 Å². The lowest BCUT2D eigenvalue weighted by molar-refractivity contribution is 0.0977. The van der Waals surface area contributed by atoms with Gasteiger partial charge in [-0.15, -0.1) is 0 Å². The summed E-state index contributed by atoms with van der Waals surface area (Å²) in [6, 6.07) is 18.1. The van der Waals surface area contributed by atoms with Gasteiger partial charge in [-0.1, -0.05) is 35.9 Å². The van der Waals surface area contributed by atoms with Crippen molar-refractivity contribution < 1.29 is 13.6 Å². The molecule has 0 saturated carbocycles. The highest BCUT2D eigenvalue weighted by Crippen LogP contribution is 2.35. The number of carbonyl (C=O) groups excluding carboxylic acids is 1. The van der Waals surface area contributed by atoms with E-state index >= 15 is 0 Å². The monoisotopic (exact) mass is 395 g/mol. The van der Waals surface area contributed by atoms with E-state index in [4.69, 9.17) is 11.6 Å². The summed E-state index contributed by atoms with van der Waals surface area (Å²) in [4.78, 5) is 16.1. The number of halogens is 3. The minimum Gasteiger partial charge on any atom is -0.361 e. The molecule has 0 saturated heterocycles. The highest BCUT2D eigenvalue weighted by Gasteiger charge is 2.23. The molecule has 0 radical (unpaired) electrons. The molecule has 5 heteroatoms. The van der Waals surface area contributed by atoms with E-state index in [0.29, 0.717) is 16.1 Å². The second-order valence-electron chi connectivity index (χ2n) is 6.65. The molecular formula is C23H16ClF2NO. The standard InChI is InChI=1S/C23H16ClF2NO/c24-16-8-5-14(6-9-16)23(28)12-18(15-7-10-20(25)21(26)11-15)19-13-27-22-4-2-1-3-17(19)22/h1-11,13,18,27H,12H2/t18-/m1/s1. The topological polar surface area (TPSA) is 32.9 Å². The van der Waals surface area contributed by atoms with Crippen molar-refractivity contribution in [3.8, 4) is 0 Å². The van der Waals surface area contributed by atoms with Crippen LogP contribution in [-0.4, -0.2) is 10.8 Å². The van der Waals surface area contributed by atoms with Crippen LogP contribution in [0, 0.1) is 11.6 Å². The highest BCUT2D eigenvalue weighted by atomic mass is 35.5. The second kappa shape index (κ2) is 7.56. The van der Waals surface area contributed by atoms with Crippen molar-refractivity contribution >= 4 is 28.3 Å². The first-order chi connectivity index (χ1) is 13.5. The number of para-hydroxylation sites is 1. The first kappa shape index (κ1) is 18.4. The molecule has 1 heterocycles. The Bertz CT molecular complexity index is 1150. The Morgan fingerprint density at radius 3 is 2.46 bits per heavy atom. The Hall–Kier alpha value is -2.98. The van der Waals surface area contributed by atoms with Gasteiger partial charge in [0.05, 0.1) is 0 Å². The lowest BCUT2D eigenvalue weighted by Crippen LogP contribution is -2.09. The summed E-state index contributed by atoms with van der Waals surface area (Å²) < 4.78 is 27.4. The van der Waals surface area contributed by atoms with Crippen LogP contribution < -0.4 is 0 Å². The number of nitrogens with one attached hydrogen (secondary N) is 1. The summed E-state index contributed by atoms with van der Waals surface area (Å²) in [6.07, 6.45) is 1.94. The number of hydrogen-bond donors (Lipinski definition) is 1. The molecule has 0 bridgehead atoms. The Morgan fingerprint density at radius 1 is 0.964 bits per heavy atom. The minimum absolute atomic E-state index is 0.100. The summed E-state index contributed by atoms with van der Waals surface area (Å²) in [7, 11) is 0. The minimum atomic E-state index is -0.929. The zero-order valence-corrected chi connectivity index (χ0v) is 15.5. The van der Waals surface area contributed by atoms with Crippen LogP contribution in [-0.2, 0) is 0 Å². The number of aromatic nitrogens is 1. The molecule has 4 aromatic rings. The molecule has 0 spiro atoms. The van der Waals surface area contributed by atoms with Crippen molar-refractivity contribution in [2.75, 3.05) is 0 Å². The van der Waals surface area contributed by atoms with E-state index in [1.807, 2.05) is 30.5 Å². The molecule has 0 unspecified atom stereocenters. The molecular weight excluding hydrogens is 380 g/mol. The van der Waals surface area contributed by atoms with E-state index in [9.17, 15) is 13.6 Å². The zero-order chi connectivity index (χ0) is 19.7. The number of fused-ring (bicyclic) bond motifs is 1. The third kappa shape index (κ3) is 3.56. The van der Waals surface area contributed by atoms with Gasteiger partial charge in [0.1, 0.15) is 0 Å². The summed E-state index contributed by atoms with van der Waals surface area (Å²) in [5.74, 6) is -2.36. The molecule has 28 heavy (non-hydrogen) atoms. The highest BCUT2D eigenvalue weighted by molar-refractivity contribution is 6.30. The van der Waals surface area contributed by atoms with Crippen LogP contribution in [0.25, 0.3) is 10.9 Å². The van der Waals surface area contributed by atoms with E-state index in [1.54, 1.807) is 24.3 Å². The van der Waals surface area contributed by atoms with Gasteiger partial charge in [-0.05, 0) is 53.6 Å². The van der Waals surface area contributed by atoms with E-state index in [2.05, 4.69) is 4.98 Å². The third-order valence-electron chi connectivity index (χ3n) is 4.90. The lowest BCUT2D eigenvalue weighted by atomic mass is 9.85. The van der Waals surface area contributed by atoms with Crippen LogP contribution in [0.1, 0.15) is 33.8 Å². The number of rotatable bonds is 5. The average molecular weight is 396 g/mol. The molecule has 1 atom stereocenters. The number of ketones is 1. The fourth-order valence-corrected chi connectivity index (χ4v) is 3.58. The first-order valence-corrected chi connectivity index (χ1v) is 9.20. The number of hydrogen-bond acceptors (Lipinski definition) is 1. The largest absolute Gasteiger partial charge is 0.361 e. The van der Waals surface area contributed by atoms with Crippen LogP contribution in [0.3, 0.4) is 0 Å². The van der Waals surface area contributed by atoms with Crippen LogP contribution >= 0.6 is 11.6 Å². The molecule has 1 aromatic heterocycles. The summed E-state index contributed by atoms with van der Waals surface area (Å²) in [5.41, 5.74) is 2.86. The maximum atomic E-state index is 13.9. The van der Waals surface area contributed by atoms with Gasteiger partial charge in [0.15, 0.2) is 17.4 Å². The van der Waals surface area contributed by atoms with Crippen LogP contribution in [0.2, 0.25) is 5.02 Å². The Morgan fingerprint density at radius 2 is 1.71 bits per heavy atom. The van der Waals surface area contributed by atoms with Gasteiger partial charge in [0.25, 0.3) is 0 Å². The van der Waals surface area contributed by atoms with Crippen molar-refractivity contribution in [3.63, 3.8) is 0 Å².